The fraction of sp³-hybridized carbons (Fsp3) is 0.0986. The first-order valence-corrected chi connectivity index (χ1v) is 27.5. The van der Waals surface area contributed by atoms with Gasteiger partial charge in [-0.05, 0) is 337 Å². The summed E-state index contributed by atoms with van der Waals surface area (Å²) < 4.78 is 11.4. The lowest BCUT2D eigenvalue weighted by atomic mass is 9.46. The van der Waals surface area contributed by atoms with E-state index in [0.29, 0.717) is 0 Å². The van der Waals surface area contributed by atoms with E-state index in [1.54, 1.807) is 270 Å². The van der Waals surface area contributed by atoms with Crippen LogP contribution in [0, 0.1) is 5.41 Å². The Balaban J connectivity index is 1.10. The zero-order chi connectivity index (χ0) is 45.5. The minimum atomic E-state index is -1.46. The van der Waals surface area contributed by atoms with Crippen molar-refractivity contribution >= 4 is 303 Å². The predicted molar refractivity (Wildman–Crippen MR) is 306 cm³/mol. The van der Waals surface area contributed by atoms with E-state index < -0.39 is 28.2 Å². The van der Waals surface area contributed by atoms with Crippen LogP contribution < -0.4 is 0 Å². The summed E-state index contributed by atoms with van der Waals surface area (Å²) in [4.78, 5) is 29.1. The summed E-state index contributed by atoms with van der Waals surface area (Å²) in [5.41, 5.74) is 5.76. The molecular formula is C71H12O4. The van der Waals surface area contributed by atoms with Crippen LogP contribution in [0.1, 0.15) is 35.1 Å². The quantitative estimate of drug-likeness (QED) is 0.0985. The summed E-state index contributed by atoms with van der Waals surface area (Å²) in [6, 6.07) is 0. The molecule has 0 saturated heterocycles. The van der Waals surface area contributed by atoms with Crippen LogP contribution in [0.5, 0.6) is 0 Å². The highest BCUT2D eigenvalue weighted by Gasteiger charge is 2.71. The second-order valence-electron chi connectivity index (χ2n) is 27.1. The van der Waals surface area contributed by atoms with Crippen molar-refractivity contribution in [1.82, 2.24) is 0 Å². The average Bonchev–Trinajstić information content (AvgIpc) is 2.91. The molecule has 0 heterocycles. The van der Waals surface area contributed by atoms with Crippen LogP contribution >= 0.6 is 0 Å². The number of carbonyl (C=O) groups is 2. The van der Waals surface area contributed by atoms with E-state index in [1.807, 2.05) is 0 Å². The fourth-order valence-electron chi connectivity index (χ4n) is 26.4. The Morgan fingerprint density at radius 1 is 0.253 bits per heavy atom. The number of hydrogen-bond acceptors (Lipinski definition) is 4. The van der Waals surface area contributed by atoms with E-state index in [4.69, 9.17) is 9.47 Å². The molecule has 1 fully saturated rings. The number of esters is 2. The molecule has 320 valence electrons. The van der Waals surface area contributed by atoms with Crippen LogP contribution in [-0.2, 0) is 29.9 Å². The molecule has 0 atom stereocenters. The zero-order valence-electron chi connectivity index (χ0n) is 38.7. The highest BCUT2D eigenvalue weighted by atomic mass is 16.5. The predicted octanol–water partition coefficient (Wildman–Crippen LogP) is 17.3. The summed E-state index contributed by atoms with van der Waals surface area (Å²) in [5, 5.41) is 84.9. The Morgan fingerprint density at radius 2 is 0.387 bits per heavy atom. The van der Waals surface area contributed by atoms with Gasteiger partial charge in [-0.25, -0.2) is 0 Å². The van der Waals surface area contributed by atoms with Crippen molar-refractivity contribution < 1.29 is 19.1 Å². The van der Waals surface area contributed by atoms with Gasteiger partial charge in [0.15, 0.2) is 5.41 Å². The number of methoxy groups -OCH3 is 2. The van der Waals surface area contributed by atoms with Crippen LogP contribution in [0.4, 0.5) is 0 Å². The van der Waals surface area contributed by atoms with Gasteiger partial charge in [0.05, 0.1) is 25.0 Å². The topological polar surface area (TPSA) is 52.6 Å². The Morgan fingerprint density at radius 3 is 0.520 bits per heavy atom. The lowest BCUT2D eigenvalue weighted by Crippen LogP contribution is -2.51. The lowest BCUT2D eigenvalue weighted by Gasteiger charge is -2.54. The monoisotopic (exact) mass is 928 g/mol. The fourth-order valence-corrected chi connectivity index (χ4v) is 26.4. The van der Waals surface area contributed by atoms with E-state index in [2.05, 4.69) is 12.2 Å². The lowest BCUT2D eigenvalue weighted by molar-refractivity contribution is -0.168. The molecule has 0 aromatic heterocycles. The smallest absolute Gasteiger partial charge is 0.323 e. The molecule has 34 rings (SSSR count). The second kappa shape index (κ2) is 6.56. The van der Waals surface area contributed by atoms with E-state index in [0.717, 1.165) is 11.1 Å². The van der Waals surface area contributed by atoms with Crippen molar-refractivity contribution in [3.8, 4) is 0 Å². The molecule has 0 aliphatic heterocycles. The normalized spacial score (nSPS) is 23.2. The molecule has 2 spiro atoms. The average molecular weight is 929 g/mol. The van der Waals surface area contributed by atoms with Crippen molar-refractivity contribution in [1.29, 1.82) is 0 Å². The third-order valence-electron chi connectivity index (χ3n) is 26.8. The number of fused-ring (bicyclic) bond motifs is 1. The highest BCUT2D eigenvalue weighted by Crippen LogP contribution is 2.85. The van der Waals surface area contributed by atoms with Crippen molar-refractivity contribution in [2.24, 2.45) is 5.41 Å². The highest BCUT2D eigenvalue weighted by molar-refractivity contribution is 6.82. The number of benzene rings is 18. The molecule has 0 bridgehead atoms. The maximum absolute atomic E-state index is 14.5. The third-order valence-corrected chi connectivity index (χ3v) is 26.8. The van der Waals surface area contributed by atoms with E-state index in [1.165, 1.54) is 57.3 Å². The molecule has 28 aromatic rings. The van der Waals surface area contributed by atoms with Gasteiger partial charge in [0, 0.05) is 0 Å². The minimum absolute atomic E-state index is 0.280. The molecule has 28 aromatic carbocycles. The molecule has 4 heteroatoms. The number of hydrogen-bond donors (Lipinski definition) is 0. The number of allylic oxidation sites excluding steroid dienone is 4. The van der Waals surface area contributed by atoms with Gasteiger partial charge in [-0.3, -0.25) is 9.59 Å². The van der Waals surface area contributed by atoms with Gasteiger partial charge in [0.2, 0.25) is 0 Å². The first-order valence-electron chi connectivity index (χ1n) is 27.5. The molecule has 0 unspecified atom stereocenters. The standard InChI is InChI=1S/C71H12O4/c1-74-67(72)69(68(73)75-2)3-7-5-70-63-55-47-37-27-19-11-9-10-13-17-15(11)23-31-25(17)35-29-21(13)22-14(10)18-16-12(9)20(19)28-34-24(16)32-26(18)36-30(22)40-39(29)49-43(35)53-45(31)51(41(47)33(23)27)59(63)61(53)65-57(49)58-50(40)44(36)54-46(32)52-42(34)48(38(28)37)56(55)64(70)60(52)62(54)66(58)71(65,70)6-8(7)4-69/h5-6H,3-4H2,1-2H3. The van der Waals surface area contributed by atoms with Crippen LogP contribution in [0.2, 0.25) is 0 Å². The molecular weight excluding hydrogens is 917 g/mol. The first-order chi connectivity index (χ1) is 37.1. The Labute approximate surface area is 408 Å². The first kappa shape index (κ1) is 28.9. The molecule has 4 nitrogen and oxygen atoms in total. The summed E-state index contributed by atoms with van der Waals surface area (Å²) in [7, 11) is 2.89. The van der Waals surface area contributed by atoms with Gasteiger partial charge in [0.1, 0.15) is 0 Å². The number of ether oxygens (including phenoxy) is 2. The van der Waals surface area contributed by atoms with Crippen LogP contribution in [-0.4, -0.2) is 26.2 Å². The van der Waals surface area contributed by atoms with Gasteiger partial charge in [-0.15, -0.1) is 0 Å². The molecule has 75 heavy (non-hydrogen) atoms. The third kappa shape index (κ3) is 1.57. The molecule has 0 radical (unpaired) electrons. The Kier molecular flexibility index (Phi) is 2.53. The Hall–Kier alpha value is -9.12. The second-order valence-corrected chi connectivity index (χ2v) is 27.1. The molecule has 0 N–H and O–H groups in total. The zero-order valence-corrected chi connectivity index (χ0v) is 38.7. The van der Waals surface area contributed by atoms with Gasteiger partial charge < -0.3 is 9.47 Å². The van der Waals surface area contributed by atoms with Gasteiger partial charge in [-0.1, -0.05) is 12.2 Å². The molecule has 0 amide bonds. The number of carbonyl (C=O) groups excluding carboxylic acids is 2. The largest absolute Gasteiger partial charge is 0.468 e. The van der Waals surface area contributed by atoms with Crippen molar-refractivity contribution in [2.75, 3.05) is 14.2 Å². The van der Waals surface area contributed by atoms with Gasteiger partial charge >= 0.3 is 11.9 Å². The molecule has 6 aliphatic carbocycles. The van der Waals surface area contributed by atoms with E-state index >= 15 is 0 Å². The summed E-state index contributed by atoms with van der Waals surface area (Å²) in [6.07, 6.45) is 6.07. The molecule has 6 aliphatic rings. The molecule has 1 saturated carbocycles. The van der Waals surface area contributed by atoms with Crippen molar-refractivity contribution in [3.05, 3.63) is 45.6 Å². The van der Waals surface area contributed by atoms with E-state index in [-0.39, 0.29) is 12.8 Å². The summed E-state index contributed by atoms with van der Waals surface area (Å²) in [6.45, 7) is 0. The van der Waals surface area contributed by atoms with Crippen LogP contribution in [0.25, 0.3) is 291 Å². The summed E-state index contributed by atoms with van der Waals surface area (Å²) in [5.74, 6) is -0.971. The van der Waals surface area contributed by atoms with Crippen molar-refractivity contribution in [2.45, 2.75) is 23.7 Å². The van der Waals surface area contributed by atoms with Gasteiger partial charge in [-0.2, -0.15) is 0 Å². The van der Waals surface area contributed by atoms with Crippen LogP contribution in [0.15, 0.2) is 23.3 Å². The maximum Gasteiger partial charge on any atom is 0.323 e. The number of rotatable bonds is 2. The maximum atomic E-state index is 14.5. The Bertz CT molecular complexity index is 7020. The van der Waals surface area contributed by atoms with Gasteiger partial charge in [0.25, 0.3) is 0 Å². The van der Waals surface area contributed by atoms with E-state index in [9.17, 15) is 9.59 Å². The van der Waals surface area contributed by atoms with Crippen LogP contribution in [0.3, 0.4) is 0 Å². The SMILES string of the molecule is COC(=O)C1(C(=O)OC)CC2=CC34c5c6c7c8c9c%10c(c%11c%12c3c3c5c5c%13c6c6c7c7c9c9c%14c%10c%10c%11c%11c%12c%12c3c3c5c5c%13c%13c6c6c7c9c7c9c%14c%10c%10c%11c%11c%12c3c3c5c5c%13c6c7c6c9c%10c%11c3c56)C84C=C2C1. The summed E-state index contributed by atoms with van der Waals surface area (Å²) >= 11 is 0. The van der Waals surface area contributed by atoms with Crippen molar-refractivity contribution in [3.63, 3.8) is 0 Å². The minimum Gasteiger partial charge on any atom is -0.468 e.